The molecule has 1 amide bonds. The van der Waals surface area contributed by atoms with Gasteiger partial charge in [0.15, 0.2) is 5.13 Å². The van der Waals surface area contributed by atoms with Gasteiger partial charge in [-0.15, -0.1) is 11.3 Å². The van der Waals surface area contributed by atoms with E-state index < -0.39 is 17.6 Å². The highest BCUT2D eigenvalue weighted by molar-refractivity contribution is 7.15. The molecule has 4 aromatic rings. The number of hydrogen-bond donors (Lipinski definition) is 1. The summed E-state index contributed by atoms with van der Waals surface area (Å²) in [5.74, 6) is -0.421. The van der Waals surface area contributed by atoms with Crippen LogP contribution in [0, 0.1) is 11.3 Å². The fraction of sp³-hybridized carbons (Fsp3) is 0.0952. The third-order valence-electron chi connectivity index (χ3n) is 4.41. The number of para-hydroxylation sites is 1. The van der Waals surface area contributed by atoms with Crippen LogP contribution >= 0.6 is 11.3 Å². The van der Waals surface area contributed by atoms with Crippen molar-refractivity contribution < 1.29 is 22.4 Å². The van der Waals surface area contributed by atoms with Crippen LogP contribution in [0.4, 0.5) is 18.3 Å². The summed E-state index contributed by atoms with van der Waals surface area (Å²) in [6, 6.07) is 12.3. The number of aromatic nitrogens is 1. The van der Waals surface area contributed by atoms with E-state index in [0.29, 0.717) is 21.4 Å². The molecule has 0 aliphatic carbocycles. The minimum absolute atomic E-state index is 0.0251. The number of furan rings is 1. The lowest BCUT2D eigenvalue weighted by Crippen LogP contribution is -2.10. The van der Waals surface area contributed by atoms with Gasteiger partial charge in [0.2, 0.25) is 0 Å². The van der Waals surface area contributed by atoms with Crippen molar-refractivity contribution in [2.24, 2.45) is 0 Å². The molecule has 1 N–H and O–H groups in total. The number of alkyl halides is 3. The third-order valence-corrected chi connectivity index (χ3v) is 5.32. The summed E-state index contributed by atoms with van der Waals surface area (Å²) in [5.41, 5.74) is 0.0294. The Labute approximate surface area is 172 Å². The van der Waals surface area contributed by atoms with E-state index in [2.05, 4.69) is 10.3 Å². The molecule has 9 heteroatoms. The summed E-state index contributed by atoms with van der Waals surface area (Å²) in [6.45, 7) is 0. The number of fused-ring (bicyclic) bond motifs is 1. The molecule has 0 bridgehead atoms. The number of anilines is 1. The van der Waals surface area contributed by atoms with Crippen LogP contribution < -0.4 is 5.32 Å². The van der Waals surface area contributed by atoms with Gasteiger partial charge in [0.1, 0.15) is 11.8 Å². The smallest absolute Gasteiger partial charge is 0.416 e. The molecule has 0 atom stereocenters. The number of amides is 1. The minimum Gasteiger partial charge on any atom is -0.463 e. The molecule has 2 aromatic heterocycles. The van der Waals surface area contributed by atoms with Crippen LogP contribution in [0.25, 0.3) is 11.0 Å². The normalized spacial score (nSPS) is 11.4. The van der Waals surface area contributed by atoms with Crippen LogP contribution in [0.5, 0.6) is 0 Å². The van der Waals surface area contributed by atoms with Gasteiger partial charge in [-0.2, -0.15) is 18.4 Å². The third kappa shape index (κ3) is 3.90. The topological polar surface area (TPSA) is 78.9 Å². The Morgan fingerprint density at radius 3 is 2.80 bits per heavy atom. The van der Waals surface area contributed by atoms with E-state index in [4.69, 9.17) is 9.68 Å². The summed E-state index contributed by atoms with van der Waals surface area (Å²) >= 11 is 1.08. The first-order valence-corrected chi connectivity index (χ1v) is 9.49. The second-order valence-corrected chi connectivity index (χ2v) is 7.50. The predicted octanol–water partition coefficient (Wildman–Crippen LogP) is 5.62. The van der Waals surface area contributed by atoms with Gasteiger partial charge < -0.3 is 4.42 Å². The molecule has 2 heterocycles. The number of nitriles is 1. The van der Waals surface area contributed by atoms with Crippen molar-refractivity contribution >= 4 is 33.3 Å². The summed E-state index contributed by atoms with van der Waals surface area (Å²) in [7, 11) is 0. The first-order valence-electron chi connectivity index (χ1n) is 8.67. The van der Waals surface area contributed by atoms with Crippen LogP contribution in [0.15, 0.2) is 59.3 Å². The summed E-state index contributed by atoms with van der Waals surface area (Å²) in [5, 5.41) is 12.4. The molecule has 0 aliphatic rings. The molecule has 4 rings (SSSR count). The van der Waals surface area contributed by atoms with E-state index in [1.54, 1.807) is 30.3 Å². The monoisotopic (exact) mass is 427 g/mol. The predicted molar refractivity (Wildman–Crippen MR) is 105 cm³/mol. The van der Waals surface area contributed by atoms with Crippen molar-refractivity contribution in [3.63, 3.8) is 0 Å². The van der Waals surface area contributed by atoms with Crippen molar-refractivity contribution in [3.8, 4) is 6.07 Å². The maximum absolute atomic E-state index is 13.3. The van der Waals surface area contributed by atoms with Gasteiger partial charge in [0.25, 0.3) is 5.91 Å². The van der Waals surface area contributed by atoms with Crippen LogP contribution in [0.2, 0.25) is 0 Å². The Morgan fingerprint density at radius 2 is 2.03 bits per heavy atom. The van der Waals surface area contributed by atoms with Gasteiger partial charge in [-0.1, -0.05) is 24.3 Å². The average Bonchev–Trinajstić information content (AvgIpc) is 3.34. The average molecular weight is 427 g/mol. The van der Waals surface area contributed by atoms with Gasteiger partial charge in [0.05, 0.1) is 22.8 Å². The van der Waals surface area contributed by atoms with E-state index in [0.717, 1.165) is 17.4 Å². The quantitative estimate of drug-likeness (QED) is 0.458. The number of hydrogen-bond acceptors (Lipinski definition) is 5. The lowest BCUT2D eigenvalue weighted by atomic mass is 10.0. The van der Waals surface area contributed by atoms with Crippen molar-refractivity contribution in [3.05, 3.63) is 82.1 Å². The molecule has 0 radical (unpaired) electrons. The molecule has 0 aliphatic heterocycles. The first-order chi connectivity index (χ1) is 14.3. The maximum Gasteiger partial charge on any atom is 0.416 e. The van der Waals surface area contributed by atoms with Gasteiger partial charge in [0, 0.05) is 22.9 Å². The van der Waals surface area contributed by atoms with E-state index in [1.807, 2.05) is 0 Å². The van der Waals surface area contributed by atoms with E-state index in [9.17, 15) is 18.0 Å². The van der Waals surface area contributed by atoms with E-state index in [1.165, 1.54) is 24.6 Å². The Kier molecular flexibility index (Phi) is 5.01. The Hall–Kier alpha value is -3.64. The molecule has 0 unspecified atom stereocenters. The summed E-state index contributed by atoms with van der Waals surface area (Å²) < 4.78 is 45.4. The first kappa shape index (κ1) is 19.7. The number of rotatable bonds is 4. The Morgan fingerprint density at radius 1 is 1.23 bits per heavy atom. The molecule has 150 valence electrons. The fourth-order valence-electron chi connectivity index (χ4n) is 3.02. The van der Waals surface area contributed by atoms with Crippen molar-refractivity contribution in [1.29, 1.82) is 5.26 Å². The zero-order chi connectivity index (χ0) is 21.3. The van der Waals surface area contributed by atoms with Gasteiger partial charge in [-0.25, -0.2) is 4.98 Å². The fourth-order valence-corrected chi connectivity index (χ4v) is 3.85. The second kappa shape index (κ2) is 7.65. The molecule has 0 spiro atoms. The summed E-state index contributed by atoms with van der Waals surface area (Å²) in [4.78, 5) is 17.2. The van der Waals surface area contributed by atoms with Crippen LogP contribution in [0.3, 0.4) is 0 Å². The molecule has 2 aromatic carbocycles. The zero-order valence-corrected chi connectivity index (χ0v) is 16.0. The Bertz CT molecular complexity index is 1280. The number of nitrogens with one attached hydrogen (secondary N) is 1. The lowest BCUT2D eigenvalue weighted by Gasteiger charge is -2.12. The zero-order valence-electron chi connectivity index (χ0n) is 15.2. The van der Waals surface area contributed by atoms with Gasteiger partial charge in [-0.3, -0.25) is 10.1 Å². The van der Waals surface area contributed by atoms with Crippen LogP contribution in [-0.4, -0.2) is 10.9 Å². The number of nitrogens with zero attached hydrogens (tertiary/aromatic N) is 2. The Balaban J connectivity index is 1.54. The molecule has 0 saturated heterocycles. The van der Waals surface area contributed by atoms with Crippen molar-refractivity contribution in [2.45, 2.75) is 12.6 Å². The number of thiazole rings is 1. The van der Waals surface area contributed by atoms with Crippen LogP contribution in [0.1, 0.15) is 31.9 Å². The number of carbonyl (C=O) groups excluding carboxylic acids is 1. The summed E-state index contributed by atoms with van der Waals surface area (Å²) in [6.07, 6.45) is -1.83. The number of carbonyl (C=O) groups is 1. The standard InChI is InChI=1S/C21H12F3N3O2S/c22-21(23,24)17-7-12(9-25)5-6-13(17)8-14-10-26-20(30-14)27-19(28)16-11-29-18-4-2-1-3-15(16)18/h1-7,10-11H,8H2,(H,26,27,28). The maximum atomic E-state index is 13.3. The SMILES string of the molecule is N#Cc1ccc(Cc2cnc(NC(=O)c3coc4ccccc34)s2)c(C(F)(F)F)c1. The molecular weight excluding hydrogens is 415 g/mol. The molecular formula is C21H12F3N3O2S. The van der Waals surface area contributed by atoms with E-state index in [-0.39, 0.29) is 22.7 Å². The second-order valence-electron chi connectivity index (χ2n) is 6.39. The molecule has 5 nitrogen and oxygen atoms in total. The van der Waals surface area contributed by atoms with Crippen molar-refractivity contribution in [1.82, 2.24) is 4.98 Å². The van der Waals surface area contributed by atoms with Crippen LogP contribution in [-0.2, 0) is 12.6 Å². The van der Waals surface area contributed by atoms with Gasteiger partial charge in [-0.05, 0) is 23.8 Å². The molecule has 0 saturated carbocycles. The number of halogens is 3. The molecule has 0 fully saturated rings. The highest BCUT2D eigenvalue weighted by Crippen LogP contribution is 2.34. The lowest BCUT2D eigenvalue weighted by molar-refractivity contribution is -0.138. The largest absolute Gasteiger partial charge is 0.463 e. The minimum atomic E-state index is -4.58. The van der Waals surface area contributed by atoms with Gasteiger partial charge >= 0.3 is 6.18 Å². The number of benzene rings is 2. The highest BCUT2D eigenvalue weighted by Gasteiger charge is 2.33. The highest BCUT2D eigenvalue weighted by atomic mass is 32.1. The van der Waals surface area contributed by atoms with E-state index >= 15 is 0 Å². The van der Waals surface area contributed by atoms with Crippen molar-refractivity contribution in [2.75, 3.05) is 5.32 Å². The molecule has 30 heavy (non-hydrogen) atoms.